The Morgan fingerprint density at radius 1 is 1.18 bits per heavy atom. The molecule has 2 amide bonds. The number of hydrogen-bond donors (Lipinski definition) is 1. The summed E-state index contributed by atoms with van der Waals surface area (Å²) in [5.41, 5.74) is 2.62. The maximum atomic E-state index is 13.6. The predicted molar refractivity (Wildman–Crippen MR) is 171 cm³/mol. The summed E-state index contributed by atoms with van der Waals surface area (Å²) in [5.74, 6) is 0.479. The van der Waals surface area contributed by atoms with E-state index in [0.29, 0.717) is 29.7 Å². The predicted octanol–water partition coefficient (Wildman–Crippen LogP) is 5.32. The largest absolute Gasteiger partial charge is 0.443 e. The lowest BCUT2D eigenvalue weighted by molar-refractivity contribution is -0.127. The summed E-state index contributed by atoms with van der Waals surface area (Å²) >= 11 is 1.31. The van der Waals surface area contributed by atoms with Gasteiger partial charge in [-0.05, 0) is 48.1 Å². The van der Waals surface area contributed by atoms with Gasteiger partial charge in [0.15, 0.2) is 12.2 Å². The quantitative estimate of drug-likeness (QED) is 0.205. The van der Waals surface area contributed by atoms with Crippen LogP contribution in [0.2, 0.25) is 0 Å². The number of morpholine rings is 1. The van der Waals surface area contributed by atoms with Crippen molar-refractivity contribution < 1.29 is 18.7 Å². The lowest BCUT2D eigenvalue weighted by Crippen LogP contribution is -2.39. The smallest absolute Gasteiger partial charge is 0.268 e. The zero-order chi connectivity index (χ0) is 31.6. The number of nitriles is 1. The molecule has 2 aliphatic heterocycles. The molecule has 0 aliphatic carbocycles. The third kappa shape index (κ3) is 7.01. The number of rotatable bonds is 8. The van der Waals surface area contributed by atoms with Crippen LogP contribution < -0.4 is 5.32 Å². The number of carbonyl (C=O) groups excluding carboxylic acids is 2. The van der Waals surface area contributed by atoms with Gasteiger partial charge in [0.1, 0.15) is 11.6 Å². The fraction of sp³-hybridized carbons (Fsp3) is 0.424. The SMILES string of the molecule is CC(C)(C)/C=C(\C#N)C(=O)N1CCC[C@@H]1Cn1c(NC(=O)c2ccc(-c3cnco3)s2)nc2cc(CN3CCOCC3)ccc21. The van der Waals surface area contributed by atoms with Crippen LogP contribution in [0.1, 0.15) is 48.8 Å². The third-order valence-electron chi connectivity index (χ3n) is 8.01. The van der Waals surface area contributed by atoms with Gasteiger partial charge >= 0.3 is 0 Å². The van der Waals surface area contributed by atoms with Gasteiger partial charge in [-0.2, -0.15) is 5.26 Å². The summed E-state index contributed by atoms with van der Waals surface area (Å²) in [7, 11) is 0. The van der Waals surface area contributed by atoms with E-state index in [-0.39, 0.29) is 28.8 Å². The van der Waals surface area contributed by atoms with Gasteiger partial charge in [-0.15, -0.1) is 11.3 Å². The zero-order valence-electron chi connectivity index (χ0n) is 25.8. The molecule has 5 heterocycles. The van der Waals surface area contributed by atoms with Gasteiger partial charge in [0.2, 0.25) is 5.95 Å². The first kappa shape index (κ1) is 30.7. The number of imidazole rings is 1. The summed E-state index contributed by atoms with van der Waals surface area (Å²) in [6.07, 6.45) is 6.34. The molecule has 0 unspecified atom stereocenters. The van der Waals surface area contributed by atoms with Crippen LogP contribution in [0.3, 0.4) is 0 Å². The van der Waals surface area contributed by atoms with Gasteiger partial charge < -0.3 is 18.6 Å². The second kappa shape index (κ2) is 13.0. The number of nitrogens with one attached hydrogen (secondary N) is 1. The normalized spacial score (nSPS) is 18.0. The number of carbonyl (C=O) groups is 2. The fourth-order valence-electron chi connectivity index (χ4n) is 5.90. The maximum absolute atomic E-state index is 13.6. The number of allylic oxidation sites excluding steroid dienone is 1. The molecule has 1 N–H and O–H groups in total. The first-order chi connectivity index (χ1) is 21.7. The molecule has 11 nitrogen and oxygen atoms in total. The minimum atomic E-state index is -0.304. The van der Waals surface area contributed by atoms with Crippen LogP contribution in [-0.2, 0) is 22.6 Å². The van der Waals surface area contributed by atoms with Crippen molar-refractivity contribution in [2.24, 2.45) is 5.41 Å². The molecule has 0 bridgehead atoms. The molecule has 2 aliphatic rings. The highest BCUT2D eigenvalue weighted by Gasteiger charge is 2.33. The number of nitrogens with zero attached hydrogens (tertiary/aromatic N) is 6. The van der Waals surface area contributed by atoms with Crippen molar-refractivity contribution in [1.29, 1.82) is 5.26 Å². The van der Waals surface area contributed by atoms with E-state index < -0.39 is 0 Å². The van der Waals surface area contributed by atoms with Crippen LogP contribution in [0.25, 0.3) is 21.7 Å². The summed E-state index contributed by atoms with van der Waals surface area (Å²) in [4.78, 5) is 41.4. The number of aromatic nitrogens is 3. The molecule has 1 aromatic carbocycles. The topological polar surface area (TPSA) is 130 Å². The van der Waals surface area contributed by atoms with Crippen molar-refractivity contribution in [3.05, 3.63) is 65.0 Å². The van der Waals surface area contributed by atoms with Gasteiger partial charge in [-0.1, -0.05) is 32.9 Å². The zero-order valence-corrected chi connectivity index (χ0v) is 26.6. The fourth-order valence-corrected chi connectivity index (χ4v) is 6.75. The monoisotopic (exact) mass is 627 g/mol. The standard InChI is InChI=1S/C33H37N7O4S/c1-33(2,3)16-23(17-34)31(42)39-10-4-5-24(39)20-40-26-7-6-22(19-38-11-13-43-14-12-38)15-25(26)36-32(40)37-30(41)29-9-8-28(45-29)27-18-35-21-44-27/h6-9,15-16,18,21,24H,4-5,10-14,19-20H2,1-3H3,(H,36,37,41)/b23-16+/t24-/m1/s1. The summed E-state index contributed by atoms with van der Waals surface area (Å²) in [5, 5.41) is 12.9. The highest BCUT2D eigenvalue weighted by atomic mass is 32.1. The van der Waals surface area contributed by atoms with E-state index in [1.54, 1.807) is 23.2 Å². The Hall–Kier alpha value is -4.31. The van der Waals surface area contributed by atoms with E-state index in [4.69, 9.17) is 14.1 Å². The third-order valence-corrected chi connectivity index (χ3v) is 9.11. The molecule has 2 fully saturated rings. The van der Waals surface area contributed by atoms with Crippen LogP contribution in [0.15, 0.2) is 59.0 Å². The molecule has 234 valence electrons. The van der Waals surface area contributed by atoms with E-state index >= 15 is 0 Å². The Balaban J connectivity index is 1.30. The van der Waals surface area contributed by atoms with Crippen LogP contribution >= 0.6 is 11.3 Å². The van der Waals surface area contributed by atoms with Crippen molar-refractivity contribution in [3.8, 4) is 16.7 Å². The van der Waals surface area contributed by atoms with Gasteiger partial charge in [0.05, 0.1) is 46.2 Å². The van der Waals surface area contributed by atoms with Crippen molar-refractivity contribution in [3.63, 3.8) is 0 Å². The molecule has 1 atom stereocenters. The van der Waals surface area contributed by atoms with Crippen LogP contribution in [0.5, 0.6) is 0 Å². The van der Waals surface area contributed by atoms with Crippen molar-refractivity contribution in [1.82, 2.24) is 24.3 Å². The summed E-state index contributed by atoms with van der Waals surface area (Å²) < 4.78 is 12.9. The van der Waals surface area contributed by atoms with Gasteiger partial charge in [-0.25, -0.2) is 9.97 Å². The highest BCUT2D eigenvalue weighted by molar-refractivity contribution is 7.17. The Kier molecular flexibility index (Phi) is 8.85. The van der Waals surface area contributed by atoms with E-state index in [0.717, 1.165) is 67.2 Å². The van der Waals surface area contributed by atoms with E-state index in [9.17, 15) is 14.9 Å². The van der Waals surface area contributed by atoms with Crippen LogP contribution in [0.4, 0.5) is 5.95 Å². The molecule has 4 aromatic rings. The molecule has 0 spiro atoms. The van der Waals surface area contributed by atoms with Crippen molar-refractivity contribution in [2.45, 2.75) is 52.7 Å². The Morgan fingerprint density at radius 2 is 2.00 bits per heavy atom. The number of thiophene rings is 1. The number of benzene rings is 1. The molecular weight excluding hydrogens is 590 g/mol. The maximum Gasteiger partial charge on any atom is 0.268 e. The average Bonchev–Trinajstić information content (AvgIpc) is 3.83. The van der Waals surface area contributed by atoms with Crippen molar-refractivity contribution in [2.75, 3.05) is 38.2 Å². The minimum Gasteiger partial charge on any atom is -0.443 e. The number of ether oxygens (including phenoxy) is 1. The average molecular weight is 628 g/mol. The summed E-state index contributed by atoms with van der Waals surface area (Å²) in [6.45, 7) is 10.9. The number of amides is 2. The Bertz CT molecular complexity index is 1750. The molecule has 2 saturated heterocycles. The Morgan fingerprint density at radius 3 is 2.73 bits per heavy atom. The first-order valence-electron chi connectivity index (χ1n) is 15.2. The highest BCUT2D eigenvalue weighted by Crippen LogP contribution is 2.31. The minimum absolute atomic E-state index is 0.157. The number of fused-ring (bicyclic) bond motifs is 1. The molecule has 3 aromatic heterocycles. The second-order valence-corrected chi connectivity index (χ2v) is 13.7. The molecule has 45 heavy (non-hydrogen) atoms. The number of anilines is 1. The molecule has 6 rings (SSSR count). The lowest BCUT2D eigenvalue weighted by Gasteiger charge is -2.27. The molecule has 0 saturated carbocycles. The van der Waals surface area contributed by atoms with Crippen LogP contribution in [0, 0.1) is 16.7 Å². The van der Waals surface area contributed by atoms with E-state index in [2.05, 4.69) is 33.4 Å². The molecular formula is C33H37N7O4S. The van der Waals surface area contributed by atoms with Gasteiger partial charge in [0.25, 0.3) is 11.8 Å². The van der Waals surface area contributed by atoms with E-state index in [1.165, 1.54) is 17.7 Å². The molecule has 12 heteroatoms. The van der Waals surface area contributed by atoms with Gasteiger partial charge in [0, 0.05) is 32.7 Å². The molecule has 0 radical (unpaired) electrons. The second-order valence-electron chi connectivity index (χ2n) is 12.6. The van der Waals surface area contributed by atoms with Crippen LogP contribution in [-0.4, -0.2) is 75.0 Å². The van der Waals surface area contributed by atoms with Gasteiger partial charge in [-0.3, -0.25) is 19.8 Å². The number of likely N-dealkylation sites (tertiary alicyclic amines) is 1. The summed E-state index contributed by atoms with van der Waals surface area (Å²) in [6, 6.07) is 11.8. The number of oxazole rings is 1. The number of hydrogen-bond acceptors (Lipinski definition) is 9. The lowest BCUT2D eigenvalue weighted by atomic mass is 9.93. The van der Waals surface area contributed by atoms with Crippen molar-refractivity contribution >= 4 is 40.1 Å². The Labute approximate surface area is 266 Å². The van der Waals surface area contributed by atoms with E-state index in [1.807, 2.05) is 37.5 Å². The first-order valence-corrected chi connectivity index (χ1v) is 16.0.